The van der Waals surface area contributed by atoms with E-state index in [1.165, 1.54) is 37.7 Å². The van der Waals surface area contributed by atoms with Gasteiger partial charge in [-0.3, -0.25) is 0 Å². The van der Waals surface area contributed by atoms with Crippen LogP contribution < -0.4 is 10.6 Å². The number of rotatable bonds is 6. The van der Waals surface area contributed by atoms with Gasteiger partial charge in [-0.15, -0.1) is 0 Å². The maximum Gasteiger partial charge on any atom is 0.0484 e. The Morgan fingerprint density at radius 2 is 1.78 bits per heavy atom. The van der Waals surface area contributed by atoms with Crippen LogP contribution in [-0.2, 0) is 4.74 Å². The van der Waals surface area contributed by atoms with Gasteiger partial charge in [0, 0.05) is 37.4 Å². The minimum absolute atomic E-state index is 0.172. The van der Waals surface area contributed by atoms with Gasteiger partial charge in [0.1, 0.15) is 0 Å². The minimum Gasteiger partial charge on any atom is -0.381 e. The molecule has 1 aliphatic heterocycles. The normalized spacial score (nSPS) is 23.5. The van der Waals surface area contributed by atoms with Gasteiger partial charge < -0.3 is 15.4 Å². The molecule has 2 N–H and O–H groups in total. The summed E-state index contributed by atoms with van der Waals surface area (Å²) in [6.07, 6.45) is 9.10. The second-order valence-corrected chi connectivity index (χ2v) is 7.39. The average molecular weight is 316 g/mol. The van der Waals surface area contributed by atoms with Gasteiger partial charge >= 0.3 is 0 Å². The fraction of sp³-hybridized carbons (Fsp3) is 0.700. The van der Waals surface area contributed by atoms with Crippen LogP contribution in [0.25, 0.3) is 0 Å². The van der Waals surface area contributed by atoms with Crippen molar-refractivity contribution in [2.75, 3.05) is 19.8 Å². The van der Waals surface area contributed by atoms with Crippen molar-refractivity contribution in [2.24, 2.45) is 0 Å². The molecule has 23 heavy (non-hydrogen) atoms. The Balaban J connectivity index is 1.61. The first kappa shape index (κ1) is 16.9. The van der Waals surface area contributed by atoms with Crippen molar-refractivity contribution < 1.29 is 4.74 Å². The second-order valence-electron chi connectivity index (χ2n) is 7.39. The predicted octanol–water partition coefficient (Wildman–Crippen LogP) is 3.81. The second kappa shape index (κ2) is 8.27. The van der Waals surface area contributed by atoms with Crippen molar-refractivity contribution in [3.8, 4) is 0 Å². The summed E-state index contributed by atoms with van der Waals surface area (Å²) < 4.78 is 5.64. The lowest BCUT2D eigenvalue weighted by atomic mass is 9.87. The highest BCUT2D eigenvalue weighted by Gasteiger charge is 2.34. The molecule has 0 aromatic heterocycles. The van der Waals surface area contributed by atoms with Crippen molar-refractivity contribution >= 4 is 0 Å². The molecule has 2 aliphatic rings. The van der Waals surface area contributed by atoms with Gasteiger partial charge in [0.25, 0.3) is 0 Å². The molecule has 3 rings (SSSR count). The van der Waals surface area contributed by atoms with E-state index in [1.54, 1.807) is 0 Å². The Morgan fingerprint density at radius 3 is 2.48 bits per heavy atom. The maximum atomic E-state index is 5.64. The standard InChI is InChI=1S/C20H32N2O/c1-17(18-8-4-2-5-9-18)22-20(12-14-23-15-13-20)16-21-19-10-6-3-7-11-19/h2,4-5,8-9,17,19,21-22H,3,6-7,10-16H2,1H3/t17-/m0/s1. The summed E-state index contributed by atoms with van der Waals surface area (Å²) in [6.45, 7) is 5.10. The molecule has 0 amide bonds. The van der Waals surface area contributed by atoms with E-state index in [-0.39, 0.29) is 5.54 Å². The van der Waals surface area contributed by atoms with Crippen LogP contribution in [0.1, 0.15) is 63.5 Å². The fourth-order valence-corrected chi connectivity index (χ4v) is 4.07. The Bertz CT molecular complexity index is 450. The van der Waals surface area contributed by atoms with Crippen LogP contribution in [0.4, 0.5) is 0 Å². The molecular weight excluding hydrogens is 284 g/mol. The minimum atomic E-state index is 0.172. The summed E-state index contributed by atoms with van der Waals surface area (Å²) >= 11 is 0. The molecule has 0 bridgehead atoms. The summed E-state index contributed by atoms with van der Waals surface area (Å²) in [5.74, 6) is 0. The lowest BCUT2D eigenvalue weighted by Crippen LogP contribution is -2.57. The van der Waals surface area contributed by atoms with E-state index in [2.05, 4.69) is 47.9 Å². The van der Waals surface area contributed by atoms with Gasteiger partial charge in [-0.1, -0.05) is 49.6 Å². The first-order chi connectivity index (χ1) is 11.3. The van der Waals surface area contributed by atoms with E-state index >= 15 is 0 Å². The molecule has 1 atom stereocenters. The Morgan fingerprint density at radius 1 is 1.09 bits per heavy atom. The van der Waals surface area contributed by atoms with Crippen LogP contribution in [0.2, 0.25) is 0 Å². The van der Waals surface area contributed by atoms with Crippen molar-refractivity contribution in [1.82, 2.24) is 10.6 Å². The molecule has 3 heteroatoms. The van der Waals surface area contributed by atoms with E-state index in [4.69, 9.17) is 4.74 Å². The SMILES string of the molecule is C[C@H](NC1(CNC2CCCCC2)CCOCC1)c1ccccc1. The Hall–Kier alpha value is -0.900. The summed E-state index contributed by atoms with van der Waals surface area (Å²) in [6, 6.07) is 11.9. The molecule has 3 nitrogen and oxygen atoms in total. The zero-order chi connectivity index (χ0) is 16.0. The molecular formula is C20H32N2O. The quantitative estimate of drug-likeness (QED) is 0.837. The van der Waals surface area contributed by atoms with E-state index in [1.807, 2.05) is 0 Å². The molecule has 1 saturated carbocycles. The largest absolute Gasteiger partial charge is 0.381 e. The number of hydrogen-bond donors (Lipinski definition) is 2. The predicted molar refractivity (Wildman–Crippen MR) is 95.7 cm³/mol. The third kappa shape index (κ3) is 4.79. The smallest absolute Gasteiger partial charge is 0.0484 e. The molecule has 0 radical (unpaired) electrons. The van der Waals surface area contributed by atoms with Gasteiger partial charge in [-0.25, -0.2) is 0 Å². The van der Waals surface area contributed by atoms with E-state index in [0.29, 0.717) is 6.04 Å². The third-order valence-electron chi connectivity index (χ3n) is 5.61. The molecule has 1 aromatic rings. The summed E-state index contributed by atoms with van der Waals surface area (Å²) in [4.78, 5) is 0. The number of benzene rings is 1. The highest BCUT2D eigenvalue weighted by Crippen LogP contribution is 2.26. The highest BCUT2D eigenvalue weighted by atomic mass is 16.5. The number of hydrogen-bond acceptors (Lipinski definition) is 3. The molecule has 1 aliphatic carbocycles. The van der Waals surface area contributed by atoms with E-state index in [0.717, 1.165) is 38.6 Å². The Labute approximate surface area is 141 Å². The van der Waals surface area contributed by atoms with Gasteiger partial charge in [-0.05, 0) is 38.2 Å². The number of ether oxygens (including phenoxy) is 1. The molecule has 0 spiro atoms. The lowest BCUT2D eigenvalue weighted by molar-refractivity contribution is 0.0321. The molecule has 1 aromatic carbocycles. The maximum absolute atomic E-state index is 5.64. The monoisotopic (exact) mass is 316 g/mol. The summed E-state index contributed by atoms with van der Waals surface area (Å²) in [5.41, 5.74) is 1.54. The zero-order valence-electron chi connectivity index (χ0n) is 14.5. The summed E-state index contributed by atoms with van der Waals surface area (Å²) in [5, 5.41) is 7.82. The first-order valence-electron chi connectivity index (χ1n) is 9.41. The lowest BCUT2D eigenvalue weighted by Gasteiger charge is -2.42. The van der Waals surface area contributed by atoms with Crippen LogP contribution in [0, 0.1) is 0 Å². The fourth-order valence-electron chi connectivity index (χ4n) is 4.07. The van der Waals surface area contributed by atoms with Crippen LogP contribution in [-0.4, -0.2) is 31.3 Å². The van der Waals surface area contributed by atoms with Crippen molar-refractivity contribution in [1.29, 1.82) is 0 Å². The van der Waals surface area contributed by atoms with Crippen LogP contribution >= 0.6 is 0 Å². The van der Waals surface area contributed by atoms with Gasteiger partial charge in [0.2, 0.25) is 0 Å². The highest BCUT2D eigenvalue weighted by molar-refractivity contribution is 5.19. The van der Waals surface area contributed by atoms with E-state index < -0.39 is 0 Å². The number of nitrogens with one attached hydrogen (secondary N) is 2. The van der Waals surface area contributed by atoms with Crippen LogP contribution in [0.15, 0.2) is 30.3 Å². The topological polar surface area (TPSA) is 33.3 Å². The molecule has 2 fully saturated rings. The van der Waals surface area contributed by atoms with Gasteiger partial charge in [0.15, 0.2) is 0 Å². The molecule has 128 valence electrons. The molecule has 1 heterocycles. The summed E-state index contributed by atoms with van der Waals surface area (Å²) in [7, 11) is 0. The van der Waals surface area contributed by atoms with Crippen molar-refractivity contribution in [3.05, 3.63) is 35.9 Å². The molecule has 1 saturated heterocycles. The van der Waals surface area contributed by atoms with E-state index in [9.17, 15) is 0 Å². The molecule has 0 unspecified atom stereocenters. The third-order valence-corrected chi connectivity index (χ3v) is 5.61. The zero-order valence-corrected chi connectivity index (χ0v) is 14.5. The van der Waals surface area contributed by atoms with Crippen LogP contribution in [0.5, 0.6) is 0 Å². The van der Waals surface area contributed by atoms with Crippen molar-refractivity contribution in [3.63, 3.8) is 0 Å². The van der Waals surface area contributed by atoms with Gasteiger partial charge in [0.05, 0.1) is 0 Å². The van der Waals surface area contributed by atoms with Crippen LogP contribution in [0.3, 0.4) is 0 Å². The van der Waals surface area contributed by atoms with Gasteiger partial charge in [-0.2, -0.15) is 0 Å². The van der Waals surface area contributed by atoms with Crippen molar-refractivity contribution in [2.45, 2.75) is 69.5 Å². The average Bonchev–Trinajstić information content (AvgIpc) is 2.62. The Kier molecular flexibility index (Phi) is 6.09. The first-order valence-corrected chi connectivity index (χ1v) is 9.41.